The van der Waals surface area contributed by atoms with Crippen LogP contribution in [-0.4, -0.2) is 88.8 Å². The molecular formula is C18H8F26O4. The molecule has 0 radical (unpaired) electrons. The van der Waals surface area contributed by atoms with E-state index in [1.807, 2.05) is 4.74 Å². The third-order valence-electron chi connectivity index (χ3n) is 5.80. The van der Waals surface area contributed by atoms with E-state index in [1.165, 1.54) is 0 Å². The molecule has 0 spiro atoms. The summed E-state index contributed by atoms with van der Waals surface area (Å²) in [6.45, 7) is -0.576. The molecule has 0 aromatic rings. The molecule has 1 N–H and O–H groups in total. The first kappa shape index (κ1) is 45.1. The van der Waals surface area contributed by atoms with Crippen molar-refractivity contribution in [3.8, 4) is 0 Å². The van der Waals surface area contributed by atoms with Crippen molar-refractivity contribution >= 4 is 11.9 Å². The van der Waals surface area contributed by atoms with Crippen molar-refractivity contribution in [2.45, 2.75) is 85.1 Å². The largest absolute Gasteiger partial charge is 0.481 e. The fourth-order valence-corrected chi connectivity index (χ4v) is 3.12. The highest BCUT2D eigenvalue weighted by atomic mass is 19.4. The number of aliphatic carboxylic acids is 1. The Balaban J connectivity index is 7.42. The lowest BCUT2D eigenvalue weighted by Gasteiger charge is -2.42. The maximum atomic E-state index is 14.6. The molecule has 48 heavy (non-hydrogen) atoms. The first-order valence-electron chi connectivity index (χ1n) is 10.7. The summed E-state index contributed by atoms with van der Waals surface area (Å²) in [5.41, 5.74) is 0. The molecule has 0 heterocycles. The van der Waals surface area contributed by atoms with Gasteiger partial charge in [0, 0.05) is 6.42 Å². The van der Waals surface area contributed by atoms with Crippen LogP contribution in [0.25, 0.3) is 0 Å². The highest BCUT2D eigenvalue weighted by Gasteiger charge is 2.94. The van der Waals surface area contributed by atoms with E-state index in [1.54, 1.807) is 0 Å². The molecule has 0 aliphatic heterocycles. The molecule has 0 saturated carbocycles. The zero-order valence-electron chi connectivity index (χ0n) is 21.4. The molecule has 0 amide bonds. The fraction of sp³-hybridized carbons (Fsp3) is 0.889. The lowest BCUT2D eigenvalue weighted by molar-refractivity contribution is -0.462. The van der Waals surface area contributed by atoms with Crippen molar-refractivity contribution < 1.29 is 134 Å². The summed E-state index contributed by atoms with van der Waals surface area (Å²) in [5.74, 6) is -95.0. The molecule has 0 fully saturated rings. The summed E-state index contributed by atoms with van der Waals surface area (Å²) in [5, 5.41) is 8.48. The maximum absolute atomic E-state index is 14.6. The third kappa shape index (κ3) is 6.31. The minimum atomic E-state index is -8.91. The molecule has 286 valence electrons. The Morgan fingerprint density at radius 2 is 0.750 bits per heavy atom. The predicted octanol–water partition coefficient (Wildman–Crippen LogP) is 8.69. The average Bonchev–Trinajstić information content (AvgIpc) is 2.80. The summed E-state index contributed by atoms with van der Waals surface area (Å²) < 4.78 is 348. The van der Waals surface area contributed by atoms with Gasteiger partial charge in [0.25, 0.3) is 0 Å². The quantitative estimate of drug-likeness (QED) is 0.142. The van der Waals surface area contributed by atoms with Gasteiger partial charge in [-0.1, -0.05) is 6.92 Å². The molecule has 0 rings (SSSR count). The van der Waals surface area contributed by atoms with Gasteiger partial charge in [0.05, 0.1) is 0 Å². The van der Waals surface area contributed by atoms with Crippen molar-refractivity contribution in [3.05, 3.63) is 0 Å². The topological polar surface area (TPSA) is 63.6 Å². The molecular weight excluding hydrogens is 774 g/mol. The molecule has 4 nitrogen and oxygen atoms in total. The van der Waals surface area contributed by atoms with Crippen molar-refractivity contribution in [1.29, 1.82) is 0 Å². The Morgan fingerprint density at radius 1 is 0.479 bits per heavy atom. The molecule has 0 aliphatic carbocycles. The van der Waals surface area contributed by atoms with Crippen LogP contribution in [0.1, 0.15) is 13.3 Å². The number of carboxylic acid groups (broad SMARTS) is 1. The Hall–Kier alpha value is -2.88. The van der Waals surface area contributed by atoms with Gasteiger partial charge >= 0.3 is 83.7 Å². The molecule has 0 saturated heterocycles. The molecule has 0 aliphatic rings. The van der Waals surface area contributed by atoms with Gasteiger partial charge in [-0.15, -0.1) is 0 Å². The van der Waals surface area contributed by atoms with E-state index >= 15 is 0 Å². The molecule has 0 bridgehead atoms. The maximum Gasteiger partial charge on any atom is 0.473 e. The zero-order chi connectivity index (χ0) is 39.7. The molecule has 2 unspecified atom stereocenters. The van der Waals surface area contributed by atoms with E-state index < -0.39 is 109 Å². The van der Waals surface area contributed by atoms with E-state index in [-0.39, 0.29) is 0 Å². The second kappa shape index (κ2) is 11.9. The number of carboxylic acids is 1. The molecule has 30 heteroatoms. The second-order valence-corrected chi connectivity index (χ2v) is 9.20. The van der Waals surface area contributed by atoms with Crippen LogP contribution in [0.5, 0.6) is 0 Å². The van der Waals surface area contributed by atoms with Crippen LogP contribution in [0.3, 0.4) is 0 Å². The first-order chi connectivity index (χ1) is 20.3. The number of rotatable bonds is 14. The minimum Gasteiger partial charge on any atom is -0.481 e. The van der Waals surface area contributed by atoms with Crippen molar-refractivity contribution in [2.75, 3.05) is 0 Å². The number of alkyl halides is 26. The zero-order valence-corrected chi connectivity index (χ0v) is 21.4. The van der Waals surface area contributed by atoms with Gasteiger partial charge in [-0.25, -0.2) is 0 Å². The number of hydrogen-bond acceptors (Lipinski definition) is 3. The summed E-state index contributed by atoms with van der Waals surface area (Å²) >= 11 is 0. The summed E-state index contributed by atoms with van der Waals surface area (Å²) in [6.07, 6.45) is -27.0. The average molecular weight is 782 g/mol. The second-order valence-electron chi connectivity index (χ2n) is 9.20. The molecule has 0 aromatic carbocycles. The van der Waals surface area contributed by atoms with Crippen LogP contribution in [0, 0.1) is 11.8 Å². The van der Waals surface area contributed by atoms with Gasteiger partial charge in [-0.05, 0) is 5.92 Å². The number of carbonyl (C=O) groups excluding carboxylic acids is 1. The molecule has 0 aromatic heterocycles. The van der Waals surface area contributed by atoms with Crippen molar-refractivity contribution in [3.63, 3.8) is 0 Å². The lowest BCUT2D eigenvalue weighted by Crippen LogP contribution is -2.72. The summed E-state index contributed by atoms with van der Waals surface area (Å²) in [6, 6.07) is 0. The van der Waals surface area contributed by atoms with Crippen LogP contribution >= 0.6 is 0 Å². The van der Waals surface area contributed by atoms with Crippen LogP contribution in [0.4, 0.5) is 114 Å². The number of hydrogen-bond donors (Lipinski definition) is 1. The third-order valence-corrected chi connectivity index (χ3v) is 5.80. The van der Waals surface area contributed by atoms with Crippen molar-refractivity contribution in [2.24, 2.45) is 11.8 Å². The SMILES string of the molecule is CC(CC(=O)O)C(C(=O)OC(F)(F)C(F)(F)C(F)(F)C(F)(F)C(F)(F)C(F)(F)F)C(F)(F)C(F)(F)C(F)(F)C(F)(F)C(F)(F)C(F)(F)F. The highest BCUT2D eigenvalue weighted by molar-refractivity contribution is 5.76. The van der Waals surface area contributed by atoms with Crippen LogP contribution in [0.15, 0.2) is 0 Å². The molecule has 2 atom stereocenters. The number of halogens is 26. The normalized spacial score (nSPS) is 17.2. The minimum absolute atomic E-state index is 0.576. The van der Waals surface area contributed by atoms with Gasteiger partial charge in [0.15, 0.2) is 0 Å². The van der Waals surface area contributed by atoms with Crippen molar-refractivity contribution in [1.82, 2.24) is 0 Å². The number of esters is 1. The van der Waals surface area contributed by atoms with E-state index in [4.69, 9.17) is 5.11 Å². The van der Waals surface area contributed by atoms with Crippen LogP contribution < -0.4 is 0 Å². The van der Waals surface area contributed by atoms with Crippen LogP contribution in [-0.2, 0) is 14.3 Å². The van der Waals surface area contributed by atoms with Gasteiger partial charge in [0.1, 0.15) is 5.92 Å². The van der Waals surface area contributed by atoms with Gasteiger partial charge in [0.2, 0.25) is 0 Å². The smallest absolute Gasteiger partial charge is 0.473 e. The Kier molecular flexibility index (Phi) is 11.2. The standard InChI is InChI=1S/C18H8F26O4/c1-3(2-4(45)46)5(7(19,20)8(21,22)9(23,24)10(25,26)13(31,32)16(37,38)39)6(47)48-18(43,44)15(35,36)12(29,30)11(27,28)14(33,34)17(40,41)42/h3,5H,2H2,1H3,(H,45,46). The fourth-order valence-electron chi connectivity index (χ4n) is 3.12. The number of carbonyl (C=O) groups is 2. The Morgan fingerprint density at radius 3 is 1.02 bits per heavy atom. The predicted molar refractivity (Wildman–Crippen MR) is 92.6 cm³/mol. The first-order valence-corrected chi connectivity index (χ1v) is 10.7. The highest BCUT2D eigenvalue weighted by Crippen LogP contribution is 2.63. The van der Waals surface area contributed by atoms with Gasteiger partial charge in [-0.2, -0.15) is 114 Å². The van der Waals surface area contributed by atoms with E-state index in [9.17, 15) is 124 Å². The van der Waals surface area contributed by atoms with E-state index in [0.717, 1.165) is 0 Å². The Bertz CT molecular complexity index is 1200. The van der Waals surface area contributed by atoms with E-state index in [2.05, 4.69) is 0 Å². The Labute approximate surface area is 243 Å². The lowest BCUT2D eigenvalue weighted by atomic mass is 9.79. The number of ether oxygens (including phenoxy) is 1. The van der Waals surface area contributed by atoms with E-state index in [0.29, 0.717) is 0 Å². The van der Waals surface area contributed by atoms with Gasteiger partial charge < -0.3 is 9.84 Å². The van der Waals surface area contributed by atoms with Crippen LogP contribution in [0.2, 0.25) is 0 Å². The summed E-state index contributed by atoms with van der Waals surface area (Å²) in [7, 11) is 0. The summed E-state index contributed by atoms with van der Waals surface area (Å²) in [4.78, 5) is 22.5. The van der Waals surface area contributed by atoms with Gasteiger partial charge in [-0.3, -0.25) is 9.59 Å². The monoisotopic (exact) mass is 782 g/mol.